The van der Waals surface area contributed by atoms with E-state index in [4.69, 9.17) is 5.73 Å². The van der Waals surface area contributed by atoms with Gasteiger partial charge in [-0.25, -0.2) is 0 Å². The number of nitrogens with one attached hydrogen (secondary N) is 1. The van der Waals surface area contributed by atoms with Gasteiger partial charge in [-0.1, -0.05) is 54.6 Å². The zero-order valence-corrected chi connectivity index (χ0v) is 23.4. The van der Waals surface area contributed by atoms with E-state index in [0.29, 0.717) is 18.5 Å². The minimum atomic E-state index is -0.524. The number of carbonyl (C=O) groups is 2. The van der Waals surface area contributed by atoms with E-state index in [1.807, 2.05) is 6.07 Å². The number of rotatable bonds is 9. The quantitative estimate of drug-likeness (QED) is 0.427. The fourth-order valence-electron chi connectivity index (χ4n) is 6.08. The molecule has 5 rings (SSSR count). The van der Waals surface area contributed by atoms with Crippen LogP contribution in [0, 0.1) is 6.92 Å². The van der Waals surface area contributed by atoms with Gasteiger partial charge in [-0.05, 0) is 74.3 Å². The molecule has 1 saturated carbocycles. The van der Waals surface area contributed by atoms with Gasteiger partial charge in [0.15, 0.2) is 0 Å². The average Bonchev–Trinajstić information content (AvgIpc) is 3.43. The zero-order chi connectivity index (χ0) is 27.9. The van der Waals surface area contributed by atoms with Crippen molar-refractivity contribution in [1.82, 2.24) is 20.1 Å². The third-order valence-corrected chi connectivity index (χ3v) is 8.55. The smallest absolute Gasteiger partial charge is 0.256 e. The normalized spacial score (nSPS) is 22.8. The molecule has 40 heavy (non-hydrogen) atoms. The molecule has 2 heterocycles. The lowest BCUT2D eigenvalue weighted by Crippen LogP contribution is -2.50. The van der Waals surface area contributed by atoms with Crippen molar-refractivity contribution in [3.05, 3.63) is 101 Å². The highest BCUT2D eigenvalue weighted by Crippen LogP contribution is 2.28. The van der Waals surface area contributed by atoms with E-state index in [1.165, 1.54) is 16.7 Å². The number of nitrogens with zero attached hydrogens (tertiary/aromatic N) is 3. The molecule has 1 aliphatic heterocycles. The Morgan fingerprint density at radius 2 is 1.75 bits per heavy atom. The van der Waals surface area contributed by atoms with Crippen LogP contribution in [0.4, 0.5) is 0 Å². The number of pyridine rings is 1. The maximum atomic E-state index is 13.7. The molecule has 0 bridgehead atoms. The lowest BCUT2D eigenvalue weighted by Gasteiger charge is -2.30. The Bertz CT molecular complexity index is 1260. The van der Waals surface area contributed by atoms with Crippen LogP contribution < -0.4 is 11.1 Å². The third kappa shape index (κ3) is 6.95. The van der Waals surface area contributed by atoms with Gasteiger partial charge in [0.25, 0.3) is 5.91 Å². The second-order valence-corrected chi connectivity index (χ2v) is 11.4. The van der Waals surface area contributed by atoms with Crippen molar-refractivity contribution in [2.45, 2.75) is 76.2 Å². The van der Waals surface area contributed by atoms with Crippen molar-refractivity contribution < 1.29 is 9.59 Å². The van der Waals surface area contributed by atoms with E-state index >= 15 is 0 Å². The predicted octanol–water partition coefficient (Wildman–Crippen LogP) is 4.10. The van der Waals surface area contributed by atoms with Crippen molar-refractivity contribution in [3.8, 4) is 0 Å². The molecule has 1 aliphatic carbocycles. The Kier molecular flexibility index (Phi) is 9.24. The summed E-state index contributed by atoms with van der Waals surface area (Å²) in [5.74, 6) is -0.195. The van der Waals surface area contributed by atoms with E-state index in [-0.39, 0.29) is 29.9 Å². The van der Waals surface area contributed by atoms with Gasteiger partial charge in [-0.3, -0.25) is 19.5 Å². The zero-order valence-electron chi connectivity index (χ0n) is 23.4. The van der Waals surface area contributed by atoms with Gasteiger partial charge in [-0.2, -0.15) is 0 Å². The lowest BCUT2D eigenvalue weighted by atomic mass is 9.91. The topological polar surface area (TPSA) is 91.6 Å². The van der Waals surface area contributed by atoms with Gasteiger partial charge in [0.2, 0.25) is 5.91 Å². The monoisotopic (exact) mass is 539 g/mol. The van der Waals surface area contributed by atoms with E-state index in [9.17, 15) is 9.59 Å². The minimum Gasteiger partial charge on any atom is -0.352 e. The standard InChI is InChI=1S/C33H41N5O2/c1-24-8-5-6-11-27(24)22-37(19-17-25-9-3-2-4-10-25)30-20-31(32(39)36-29-15-13-28(34)14-16-29)38(23-30)33(40)26-12-7-18-35-21-26/h2-12,18,21,28-31H,13-17,19-20,22-23,34H2,1H3,(H,36,39). The molecule has 2 atom stereocenters. The maximum absolute atomic E-state index is 13.7. The fourth-order valence-corrected chi connectivity index (χ4v) is 6.08. The molecule has 0 radical (unpaired) electrons. The molecule has 7 heteroatoms. The summed E-state index contributed by atoms with van der Waals surface area (Å²) in [6.07, 6.45) is 8.36. The van der Waals surface area contributed by atoms with Gasteiger partial charge in [0.1, 0.15) is 6.04 Å². The van der Waals surface area contributed by atoms with Crippen molar-refractivity contribution in [3.63, 3.8) is 0 Å². The predicted molar refractivity (Wildman–Crippen MR) is 158 cm³/mol. The van der Waals surface area contributed by atoms with Crippen LogP contribution in [0.2, 0.25) is 0 Å². The third-order valence-electron chi connectivity index (χ3n) is 8.55. The Morgan fingerprint density at radius 1 is 1.00 bits per heavy atom. The summed E-state index contributed by atoms with van der Waals surface area (Å²) in [6, 6.07) is 22.4. The Hall–Kier alpha value is -3.55. The second kappa shape index (κ2) is 13.2. The first kappa shape index (κ1) is 28.0. The van der Waals surface area contributed by atoms with Crippen molar-refractivity contribution >= 4 is 11.8 Å². The highest BCUT2D eigenvalue weighted by atomic mass is 16.2. The van der Waals surface area contributed by atoms with Crippen molar-refractivity contribution in [2.75, 3.05) is 13.1 Å². The number of benzene rings is 2. The van der Waals surface area contributed by atoms with E-state index in [0.717, 1.165) is 45.2 Å². The van der Waals surface area contributed by atoms with Crippen molar-refractivity contribution in [1.29, 1.82) is 0 Å². The number of hydrogen-bond donors (Lipinski definition) is 2. The summed E-state index contributed by atoms with van der Waals surface area (Å²) in [4.78, 5) is 35.9. The molecule has 2 aliphatic rings. The summed E-state index contributed by atoms with van der Waals surface area (Å²) in [7, 11) is 0. The molecule has 0 spiro atoms. The number of amides is 2. The Balaban J connectivity index is 1.38. The highest BCUT2D eigenvalue weighted by Gasteiger charge is 2.42. The molecule has 2 amide bonds. The first-order valence-corrected chi connectivity index (χ1v) is 14.6. The van der Waals surface area contributed by atoms with Gasteiger partial charge in [0.05, 0.1) is 5.56 Å². The van der Waals surface area contributed by atoms with Crippen LogP contribution in [-0.2, 0) is 17.8 Å². The Morgan fingerprint density at radius 3 is 2.48 bits per heavy atom. The van der Waals surface area contributed by atoms with Crippen LogP contribution in [0.3, 0.4) is 0 Å². The number of hydrogen-bond acceptors (Lipinski definition) is 5. The first-order chi connectivity index (χ1) is 19.5. The molecular formula is C33H41N5O2. The number of nitrogens with two attached hydrogens (primary N) is 1. The second-order valence-electron chi connectivity index (χ2n) is 11.4. The molecule has 2 aromatic carbocycles. The molecule has 2 unspecified atom stereocenters. The van der Waals surface area contributed by atoms with Crippen LogP contribution in [-0.4, -0.2) is 63.9 Å². The van der Waals surface area contributed by atoms with E-state index in [1.54, 1.807) is 29.4 Å². The van der Waals surface area contributed by atoms with Crippen LogP contribution in [0.25, 0.3) is 0 Å². The van der Waals surface area contributed by atoms with Crippen LogP contribution in [0.1, 0.15) is 59.2 Å². The molecule has 1 aromatic heterocycles. The van der Waals surface area contributed by atoms with Gasteiger partial charge >= 0.3 is 0 Å². The summed E-state index contributed by atoms with van der Waals surface area (Å²) < 4.78 is 0. The average molecular weight is 540 g/mol. The summed E-state index contributed by atoms with van der Waals surface area (Å²) in [5.41, 5.74) is 10.4. The summed E-state index contributed by atoms with van der Waals surface area (Å²) in [6.45, 7) is 4.26. The highest BCUT2D eigenvalue weighted by molar-refractivity contribution is 5.97. The van der Waals surface area contributed by atoms with E-state index in [2.05, 4.69) is 70.7 Å². The lowest BCUT2D eigenvalue weighted by molar-refractivity contribution is -0.125. The molecule has 2 fully saturated rings. The van der Waals surface area contributed by atoms with Crippen LogP contribution >= 0.6 is 0 Å². The van der Waals surface area contributed by atoms with Gasteiger partial charge in [0, 0.05) is 50.2 Å². The fraction of sp³-hybridized carbons (Fsp3) is 0.424. The molecule has 3 N–H and O–H groups in total. The SMILES string of the molecule is Cc1ccccc1CN(CCc1ccccc1)C1CC(C(=O)NC2CCC(N)CC2)N(C(=O)c2cccnc2)C1. The molecule has 7 nitrogen and oxygen atoms in total. The first-order valence-electron chi connectivity index (χ1n) is 14.6. The summed E-state index contributed by atoms with van der Waals surface area (Å²) >= 11 is 0. The summed E-state index contributed by atoms with van der Waals surface area (Å²) in [5, 5.41) is 3.27. The maximum Gasteiger partial charge on any atom is 0.256 e. The van der Waals surface area contributed by atoms with Gasteiger partial charge in [-0.15, -0.1) is 0 Å². The number of carbonyl (C=O) groups excluding carboxylic acids is 2. The van der Waals surface area contributed by atoms with Crippen LogP contribution in [0.15, 0.2) is 79.1 Å². The van der Waals surface area contributed by atoms with Gasteiger partial charge < -0.3 is 16.0 Å². The number of likely N-dealkylation sites (tertiary alicyclic amines) is 1. The molecule has 210 valence electrons. The Labute approximate surface area is 237 Å². The van der Waals surface area contributed by atoms with Crippen LogP contribution in [0.5, 0.6) is 0 Å². The van der Waals surface area contributed by atoms with Crippen molar-refractivity contribution in [2.24, 2.45) is 5.73 Å². The largest absolute Gasteiger partial charge is 0.352 e. The minimum absolute atomic E-state index is 0.0551. The number of aromatic nitrogens is 1. The molecular weight excluding hydrogens is 498 g/mol. The van der Waals surface area contributed by atoms with E-state index < -0.39 is 6.04 Å². The molecule has 1 saturated heterocycles. The number of aryl methyl sites for hydroxylation is 1. The molecule has 3 aromatic rings.